The molecule has 0 bridgehead atoms. The Balaban J connectivity index is 1.63. The molecule has 2 aliphatic heterocycles. The largest absolute Gasteiger partial charge is 0.378 e. The lowest BCUT2D eigenvalue weighted by Crippen LogP contribution is -2.49. The number of carbonyl (C=O) groups is 2. The van der Waals surface area contributed by atoms with E-state index >= 15 is 0 Å². The number of nitro benzene ring substituents is 1. The van der Waals surface area contributed by atoms with E-state index in [1.807, 2.05) is 4.90 Å². The third kappa shape index (κ3) is 4.71. The lowest BCUT2D eigenvalue weighted by Gasteiger charge is -2.35. The van der Waals surface area contributed by atoms with E-state index in [0.29, 0.717) is 45.0 Å². The number of amides is 2. The van der Waals surface area contributed by atoms with E-state index in [0.717, 1.165) is 12.8 Å². The van der Waals surface area contributed by atoms with Crippen LogP contribution in [0.15, 0.2) is 30.3 Å². The third-order valence-electron chi connectivity index (χ3n) is 4.94. The number of carbonyl (C=O) groups excluding carboxylic acids is 2. The normalized spacial score (nSPS) is 20.7. The molecule has 1 aromatic rings. The fraction of sp³-hybridized carbons (Fsp3) is 0.474. The first-order chi connectivity index (χ1) is 13.1. The number of benzene rings is 1. The Bertz CT molecular complexity index is 743. The number of para-hydroxylation sites is 1. The summed E-state index contributed by atoms with van der Waals surface area (Å²) >= 11 is 0. The number of nitro groups is 1. The second-order valence-corrected chi connectivity index (χ2v) is 6.71. The Hall–Kier alpha value is -2.74. The number of nitrogens with zero attached hydrogens (tertiary/aromatic N) is 3. The van der Waals surface area contributed by atoms with Gasteiger partial charge in [-0.15, -0.1) is 0 Å². The van der Waals surface area contributed by atoms with Crippen molar-refractivity contribution in [2.24, 2.45) is 5.92 Å². The molecule has 2 saturated heterocycles. The van der Waals surface area contributed by atoms with Crippen LogP contribution in [-0.2, 0) is 14.3 Å². The summed E-state index contributed by atoms with van der Waals surface area (Å²) < 4.78 is 5.28. The Labute approximate surface area is 157 Å². The summed E-state index contributed by atoms with van der Waals surface area (Å²) in [6, 6.07) is 6.28. The maximum absolute atomic E-state index is 12.7. The molecule has 2 aliphatic rings. The third-order valence-corrected chi connectivity index (χ3v) is 4.94. The molecule has 1 aromatic carbocycles. The second-order valence-electron chi connectivity index (χ2n) is 6.71. The number of hydrogen-bond acceptors (Lipinski definition) is 5. The number of hydrogen-bond donors (Lipinski definition) is 0. The Morgan fingerprint density at radius 3 is 2.63 bits per heavy atom. The van der Waals surface area contributed by atoms with Gasteiger partial charge in [0.15, 0.2) is 0 Å². The zero-order chi connectivity index (χ0) is 19.2. The standard InChI is InChI=1S/C19H23N3O5/c23-18(8-7-15-4-1-2-6-17(15)22(25)26)21-9-3-5-16(14-21)19(24)20-10-12-27-13-11-20/h1-2,4,6-8,16H,3,5,9-14H2/b8-7+. The van der Waals surface area contributed by atoms with Crippen LogP contribution in [0.3, 0.4) is 0 Å². The Kier molecular flexibility index (Phi) is 6.18. The first kappa shape index (κ1) is 19.0. The van der Waals surface area contributed by atoms with Gasteiger partial charge in [-0.2, -0.15) is 0 Å². The molecule has 0 N–H and O–H groups in total. The molecule has 1 atom stereocenters. The maximum Gasteiger partial charge on any atom is 0.276 e. The Morgan fingerprint density at radius 1 is 1.15 bits per heavy atom. The minimum absolute atomic E-state index is 0.0411. The molecule has 0 radical (unpaired) electrons. The first-order valence-corrected chi connectivity index (χ1v) is 9.13. The number of morpholine rings is 1. The van der Waals surface area contributed by atoms with Crippen LogP contribution in [0.5, 0.6) is 0 Å². The lowest BCUT2D eigenvalue weighted by molar-refractivity contribution is -0.385. The summed E-state index contributed by atoms with van der Waals surface area (Å²) in [5.74, 6) is -0.341. The molecule has 1 unspecified atom stereocenters. The van der Waals surface area contributed by atoms with Gasteiger partial charge in [0.1, 0.15) is 0 Å². The van der Waals surface area contributed by atoms with Crippen molar-refractivity contribution in [2.75, 3.05) is 39.4 Å². The van der Waals surface area contributed by atoms with Crippen molar-refractivity contribution >= 4 is 23.6 Å². The predicted molar refractivity (Wildman–Crippen MR) is 98.8 cm³/mol. The van der Waals surface area contributed by atoms with E-state index in [2.05, 4.69) is 0 Å². The van der Waals surface area contributed by atoms with Crippen molar-refractivity contribution in [1.29, 1.82) is 0 Å². The molecule has 0 saturated carbocycles. The van der Waals surface area contributed by atoms with Crippen LogP contribution in [0.25, 0.3) is 6.08 Å². The minimum Gasteiger partial charge on any atom is -0.378 e. The van der Waals surface area contributed by atoms with E-state index in [1.165, 1.54) is 18.2 Å². The molecule has 8 heteroatoms. The zero-order valence-corrected chi connectivity index (χ0v) is 15.1. The second kappa shape index (κ2) is 8.77. The monoisotopic (exact) mass is 373 g/mol. The molecule has 0 aromatic heterocycles. The van der Waals surface area contributed by atoms with Crippen LogP contribution in [0, 0.1) is 16.0 Å². The molecule has 144 valence electrons. The number of ether oxygens (including phenoxy) is 1. The number of rotatable bonds is 4. The molecule has 2 amide bonds. The quantitative estimate of drug-likeness (QED) is 0.455. The predicted octanol–water partition coefficient (Wildman–Crippen LogP) is 1.71. The molecule has 8 nitrogen and oxygen atoms in total. The average molecular weight is 373 g/mol. The van der Waals surface area contributed by atoms with Crippen LogP contribution >= 0.6 is 0 Å². The summed E-state index contributed by atoms with van der Waals surface area (Å²) in [6.45, 7) is 3.28. The zero-order valence-electron chi connectivity index (χ0n) is 15.1. The minimum atomic E-state index is -0.470. The van der Waals surface area contributed by atoms with Crippen LogP contribution < -0.4 is 0 Å². The first-order valence-electron chi connectivity index (χ1n) is 9.13. The van der Waals surface area contributed by atoms with Crippen molar-refractivity contribution in [2.45, 2.75) is 12.8 Å². The van der Waals surface area contributed by atoms with Gasteiger partial charge >= 0.3 is 0 Å². The molecule has 2 fully saturated rings. The van der Waals surface area contributed by atoms with Crippen LogP contribution in [0.4, 0.5) is 5.69 Å². The maximum atomic E-state index is 12.7. The van der Waals surface area contributed by atoms with Crippen LogP contribution in [0.1, 0.15) is 18.4 Å². The average Bonchev–Trinajstić information content (AvgIpc) is 2.72. The van der Waals surface area contributed by atoms with E-state index < -0.39 is 4.92 Å². The molecular formula is C19H23N3O5. The number of piperidine rings is 1. The fourth-order valence-electron chi connectivity index (χ4n) is 3.48. The van der Waals surface area contributed by atoms with Gasteiger partial charge in [0.25, 0.3) is 5.69 Å². The van der Waals surface area contributed by atoms with Gasteiger partial charge in [0, 0.05) is 38.3 Å². The number of likely N-dealkylation sites (tertiary alicyclic amines) is 1. The van der Waals surface area contributed by atoms with Gasteiger partial charge in [0.2, 0.25) is 11.8 Å². The van der Waals surface area contributed by atoms with Gasteiger partial charge in [0.05, 0.1) is 29.6 Å². The van der Waals surface area contributed by atoms with Gasteiger partial charge in [-0.1, -0.05) is 12.1 Å². The molecular weight excluding hydrogens is 350 g/mol. The smallest absolute Gasteiger partial charge is 0.276 e. The molecule has 0 spiro atoms. The van der Waals surface area contributed by atoms with Crippen LogP contribution in [-0.4, -0.2) is 65.9 Å². The summed E-state index contributed by atoms with van der Waals surface area (Å²) in [7, 11) is 0. The fourth-order valence-corrected chi connectivity index (χ4v) is 3.48. The molecule has 3 rings (SSSR count). The van der Waals surface area contributed by atoms with Gasteiger partial charge in [-0.3, -0.25) is 19.7 Å². The molecule has 2 heterocycles. The summed E-state index contributed by atoms with van der Waals surface area (Å²) in [6.07, 6.45) is 4.36. The van der Waals surface area contributed by atoms with Crippen molar-refractivity contribution in [1.82, 2.24) is 9.80 Å². The van der Waals surface area contributed by atoms with Gasteiger partial charge in [-0.25, -0.2) is 0 Å². The topological polar surface area (TPSA) is 93.0 Å². The highest BCUT2D eigenvalue weighted by molar-refractivity contribution is 5.93. The Morgan fingerprint density at radius 2 is 1.89 bits per heavy atom. The van der Waals surface area contributed by atoms with E-state index in [-0.39, 0.29) is 23.4 Å². The van der Waals surface area contributed by atoms with E-state index in [9.17, 15) is 19.7 Å². The SMILES string of the molecule is O=C(/C=C/c1ccccc1[N+](=O)[O-])N1CCCC(C(=O)N2CCOCC2)C1. The summed E-state index contributed by atoms with van der Waals surface area (Å²) in [4.78, 5) is 39.2. The van der Waals surface area contributed by atoms with Crippen molar-refractivity contribution in [3.63, 3.8) is 0 Å². The van der Waals surface area contributed by atoms with Crippen molar-refractivity contribution in [3.8, 4) is 0 Å². The highest BCUT2D eigenvalue weighted by Gasteiger charge is 2.31. The summed E-state index contributed by atoms with van der Waals surface area (Å²) in [5.41, 5.74) is 0.342. The van der Waals surface area contributed by atoms with Crippen LogP contribution in [0.2, 0.25) is 0 Å². The molecule has 0 aliphatic carbocycles. The van der Waals surface area contributed by atoms with Crippen molar-refractivity contribution in [3.05, 3.63) is 46.0 Å². The van der Waals surface area contributed by atoms with Gasteiger partial charge in [-0.05, 0) is 25.0 Å². The summed E-state index contributed by atoms with van der Waals surface area (Å²) in [5, 5.41) is 11.1. The highest BCUT2D eigenvalue weighted by Crippen LogP contribution is 2.22. The van der Waals surface area contributed by atoms with E-state index in [4.69, 9.17) is 4.74 Å². The van der Waals surface area contributed by atoms with E-state index in [1.54, 1.807) is 23.1 Å². The lowest BCUT2D eigenvalue weighted by atomic mass is 9.96. The highest BCUT2D eigenvalue weighted by atomic mass is 16.6. The van der Waals surface area contributed by atoms with Crippen molar-refractivity contribution < 1.29 is 19.2 Å². The van der Waals surface area contributed by atoms with Gasteiger partial charge < -0.3 is 14.5 Å². The molecule has 27 heavy (non-hydrogen) atoms.